The van der Waals surface area contributed by atoms with E-state index < -0.39 is 0 Å². The molecule has 1 aromatic carbocycles. The lowest BCUT2D eigenvalue weighted by Crippen LogP contribution is -2.60. The zero-order chi connectivity index (χ0) is 16.6. The molecule has 120 valence electrons. The third kappa shape index (κ3) is 3.10. The van der Waals surface area contributed by atoms with Gasteiger partial charge in [0.1, 0.15) is 0 Å². The van der Waals surface area contributed by atoms with E-state index in [2.05, 4.69) is 27.2 Å². The highest BCUT2D eigenvalue weighted by atomic mass is 79.9. The monoisotopic (exact) mass is 374 g/mol. The summed E-state index contributed by atoms with van der Waals surface area (Å²) in [6.45, 7) is 0.139. The summed E-state index contributed by atoms with van der Waals surface area (Å²) in [5.41, 5.74) is 1.58. The van der Waals surface area contributed by atoms with Gasteiger partial charge in [-0.3, -0.25) is 9.69 Å². The van der Waals surface area contributed by atoms with Crippen LogP contribution in [0.3, 0.4) is 0 Å². The van der Waals surface area contributed by atoms with Crippen molar-refractivity contribution in [3.8, 4) is 5.97 Å². The highest BCUT2D eigenvalue weighted by Gasteiger charge is 2.39. The molecule has 0 spiro atoms. The zero-order valence-corrected chi connectivity index (χ0v) is 15.0. The Morgan fingerprint density at radius 2 is 2.09 bits per heavy atom. The molecule has 0 radical (unpaired) electrons. The van der Waals surface area contributed by atoms with E-state index in [1.54, 1.807) is 0 Å². The van der Waals surface area contributed by atoms with E-state index in [0.29, 0.717) is 5.56 Å². The molecule has 23 heavy (non-hydrogen) atoms. The van der Waals surface area contributed by atoms with Crippen LogP contribution in [0.5, 0.6) is 0 Å². The van der Waals surface area contributed by atoms with Crippen LogP contribution in [-0.4, -0.2) is 48.8 Å². The molecule has 5 nitrogen and oxygen atoms in total. The Kier molecular flexibility index (Phi) is 4.65. The van der Waals surface area contributed by atoms with E-state index in [0.717, 1.165) is 35.6 Å². The van der Waals surface area contributed by atoms with Crippen LogP contribution < -0.4 is 5.32 Å². The SMILES string of the molecule is CN(C)C1Nc2cc(Br)ccc2C(=O)N1C1CCB(C#N)CC1. The molecule has 1 aromatic rings. The van der Waals surface area contributed by atoms with Gasteiger partial charge in [-0.2, -0.15) is 0 Å². The summed E-state index contributed by atoms with van der Waals surface area (Å²) >= 11 is 3.46. The Morgan fingerprint density at radius 1 is 1.39 bits per heavy atom. The Morgan fingerprint density at radius 3 is 2.70 bits per heavy atom. The van der Waals surface area contributed by atoms with E-state index in [9.17, 15) is 4.79 Å². The Labute approximate surface area is 145 Å². The highest BCUT2D eigenvalue weighted by molar-refractivity contribution is 9.10. The average Bonchev–Trinajstić information content (AvgIpc) is 2.54. The maximum absolute atomic E-state index is 13.1. The minimum absolute atomic E-state index is 0.0744. The van der Waals surface area contributed by atoms with Crippen LogP contribution >= 0.6 is 15.9 Å². The van der Waals surface area contributed by atoms with Gasteiger partial charge in [-0.25, -0.2) is 5.26 Å². The average molecular weight is 375 g/mol. The maximum atomic E-state index is 13.1. The minimum Gasteiger partial charge on any atom is -0.352 e. The van der Waals surface area contributed by atoms with Crippen molar-refractivity contribution >= 4 is 34.2 Å². The van der Waals surface area contributed by atoms with Crippen molar-refractivity contribution < 1.29 is 4.79 Å². The number of rotatable bonds is 2. The number of carbonyl (C=O) groups excluding carboxylic acids is 1. The van der Waals surface area contributed by atoms with Gasteiger partial charge in [0.2, 0.25) is 0 Å². The molecule has 7 heteroatoms. The molecule has 1 N–H and O–H groups in total. The lowest BCUT2D eigenvalue weighted by molar-refractivity contribution is 0.0316. The number of hydrogen-bond acceptors (Lipinski definition) is 4. The topological polar surface area (TPSA) is 59.4 Å². The second kappa shape index (κ2) is 6.54. The van der Waals surface area contributed by atoms with Crippen LogP contribution in [0, 0.1) is 11.2 Å². The quantitative estimate of drug-likeness (QED) is 0.808. The minimum atomic E-state index is -0.159. The third-order valence-corrected chi connectivity index (χ3v) is 5.25. The molecule has 0 aromatic heterocycles. The number of nitrogens with one attached hydrogen (secondary N) is 1. The van der Waals surface area contributed by atoms with Crippen molar-refractivity contribution in [2.75, 3.05) is 19.4 Å². The molecule has 0 aliphatic carbocycles. The van der Waals surface area contributed by atoms with Gasteiger partial charge < -0.3 is 10.2 Å². The largest absolute Gasteiger partial charge is 0.352 e. The normalized spacial score (nSPS) is 21.9. The summed E-state index contributed by atoms with van der Waals surface area (Å²) in [6.07, 6.45) is 3.37. The first-order valence-electron chi connectivity index (χ1n) is 7.96. The molecule has 2 heterocycles. The molecule has 0 bridgehead atoms. The van der Waals surface area contributed by atoms with E-state index in [4.69, 9.17) is 5.26 Å². The number of anilines is 1. The van der Waals surface area contributed by atoms with E-state index in [-0.39, 0.29) is 25.0 Å². The molecule has 3 rings (SSSR count). The number of amides is 1. The van der Waals surface area contributed by atoms with Crippen molar-refractivity contribution in [1.82, 2.24) is 9.80 Å². The third-order valence-electron chi connectivity index (χ3n) is 4.76. The highest BCUT2D eigenvalue weighted by Crippen LogP contribution is 2.34. The molecular weight excluding hydrogens is 355 g/mol. The number of fused-ring (bicyclic) bond motifs is 1. The van der Waals surface area contributed by atoms with Gasteiger partial charge in [-0.1, -0.05) is 28.6 Å². The molecule has 1 amide bonds. The standard InChI is InChI=1S/C16H20BBrN4O/c1-21(2)16-20-14-9-11(18)3-4-13(14)15(23)22(16)12-5-7-17(10-19)8-6-12/h3-4,9,12,16,20H,5-8H2,1-2H3. The molecule has 1 atom stereocenters. The fourth-order valence-electron chi connectivity index (χ4n) is 3.51. The number of nitriles is 1. The summed E-state index contributed by atoms with van der Waals surface area (Å²) in [7, 11) is 3.95. The first-order chi connectivity index (χ1) is 11.0. The zero-order valence-electron chi connectivity index (χ0n) is 13.4. The van der Waals surface area contributed by atoms with E-state index >= 15 is 0 Å². The van der Waals surface area contributed by atoms with Gasteiger partial charge in [0.05, 0.1) is 11.3 Å². The predicted octanol–water partition coefficient (Wildman–Crippen LogP) is 2.88. The molecule has 1 fully saturated rings. The van der Waals surface area contributed by atoms with Crippen LogP contribution in [0.1, 0.15) is 23.2 Å². The summed E-state index contributed by atoms with van der Waals surface area (Å²) in [5.74, 6) is 2.43. The fraction of sp³-hybridized carbons (Fsp3) is 0.500. The Hall–Kier alpha value is -1.52. The molecule has 1 unspecified atom stereocenters. The molecule has 2 aliphatic rings. The van der Waals surface area contributed by atoms with Crippen LogP contribution in [0.15, 0.2) is 22.7 Å². The van der Waals surface area contributed by atoms with Crippen molar-refractivity contribution in [1.29, 1.82) is 5.26 Å². The second-order valence-corrected chi connectivity index (χ2v) is 7.43. The maximum Gasteiger partial charge on any atom is 0.268 e. The molecule has 0 saturated carbocycles. The van der Waals surface area contributed by atoms with Crippen molar-refractivity contribution in [3.05, 3.63) is 28.2 Å². The number of carbonyl (C=O) groups is 1. The number of halogens is 1. The van der Waals surface area contributed by atoms with Crippen molar-refractivity contribution in [2.45, 2.75) is 37.8 Å². The molecular formula is C16H20BBrN4O. The van der Waals surface area contributed by atoms with E-state index in [1.165, 1.54) is 0 Å². The second-order valence-electron chi connectivity index (χ2n) is 6.52. The van der Waals surface area contributed by atoms with Crippen LogP contribution in [0.4, 0.5) is 5.69 Å². The number of hydrogen-bond donors (Lipinski definition) is 1. The first kappa shape index (κ1) is 16.3. The van der Waals surface area contributed by atoms with Crippen molar-refractivity contribution in [2.24, 2.45) is 0 Å². The van der Waals surface area contributed by atoms with E-state index in [1.807, 2.05) is 42.1 Å². The Bertz CT molecular complexity index is 652. The van der Waals surface area contributed by atoms with Crippen LogP contribution in [0.2, 0.25) is 12.6 Å². The summed E-state index contributed by atoms with van der Waals surface area (Å²) in [6, 6.07) is 5.91. The van der Waals surface area contributed by atoms with Crippen LogP contribution in [-0.2, 0) is 0 Å². The van der Waals surface area contributed by atoms with Gasteiger partial charge in [0.15, 0.2) is 6.29 Å². The van der Waals surface area contributed by atoms with Gasteiger partial charge in [-0.15, -0.1) is 0 Å². The predicted molar refractivity (Wildman–Crippen MR) is 95.4 cm³/mol. The van der Waals surface area contributed by atoms with Crippen molar-refractivity contribution in [3.63, 3.8) is 0 Å². The Balaban J connectivity index is 1.90. The number of nitrogens with zero attached hydrogens (tertiary/aromatic N) is 3. The van der Waals surface area contributed by atoms with Gasteiger partial charge in [0.25, 0.3) is 12.6 Å². The smallest absolute Gasteiger partial charge is 0.268 e. The lowest BCUT2D eigenvalue weighted by atomic mass is 9.42. The summed E-state index contributed by atoms with van der Waals surface area (Å²) in [5, 5.41) is 12.6. The first-order valence-corrected chi connectivity index (χ1v) is 8.75. The van der Waals surface area contributed by atoms with Crippen LogP contribution in [0.25, 0.3) is 0 Å². The number of benzene rings is 1. The lowest BCUT2D eigenvalue weighted by Gasteiger charge is -2.46. The van der Waals surface area contributed by atoms with Gasteiger partial charge in [-0.05, 0) is 45.1 Å². The fourth-order valence-corrected chi connectivity index (χ4v) is 3.87. The van der Waals surface area contributed by atoms with Gasteiger partial charge >= 0.3 is 0 Å². The summed E-state index contributed by atoms with van der Waals surface area (Å²) < 4.78 is 0.956. The molecule has 1 saturated heterocycles. The van der Waals surface area contributed by atoms with Gasteiger partial charge in [0, 0.05) is 16.5 Å². The summed E-state index contributed by atoms with van der Waals surface area (Å²) in [4.78, 5) is 17.1. The molecule has 2 aliphatic heterocycles.